The molecule has 0 spiro atoms. The fraction of sp³-hybridized carbons (Fsp3) is 0.238. The van der Waals surface area contributed by atoms with Crippen molar-refractivity contribution in [3.63, 3.8) is 0 Å². The van der Waals surface area contributed by atoms with Gasteiger partial charge in [0.25, 0.3) is 5.91 Å². The van der Waals surface area contributed by atoms with E-state index in [-0.39, 0.29) is 25.6 Å². The van der Waals surface area contributed by atoms with Gasteiger partial charge in [0.1, 0.15) is 18.5 Å². The van der Waals surface area contributed by atoms with E-state index in [2.05, 4.69) is 10.4 Å². The number of methoxy groups -OCH3 is 1. The van der Waals surface area contributed by atoms with E-state index < -0.39 is 12.0 Å². The van der Waals surface area contributed by atoms with Crippen LogP contribution in [0.2, 0.25) is 0 Å². The van der Waals surface area contributed by atoms with Crippen molar-refractivity contribution >= 4 is 5.91 Å². The van der Waals surface area contributed by atoms with Crippen LogP contribution in [-0.4, -0.2) is 54.0 Å². The number of hydrogen-bond acceptors (Lipinski definition) is 7. The van der Waals surface area contributed by atoms with Crippen molar-refractivity contribution in [3.8, 4) is 28.7 Å². The van der Waals surface area contributed by atoms with Gasteiger partial charge in [-0.3, -0.25) is 4.79 Å². The number of nitrogens with zero attached hydrogens (tertiary/aromatic N) is 2. The standard InChI is InChI=1S/C21H21N3O6/c1-27-19-11-24(14-5-3-2-4-6-14)23-20(19)21(26)22-10-15(25)12-28-16-7-8-17-18(9-16)30-13-29-17/h2-9,11,15,25H,10,12-13H2,1H3,(H,22,26). The molecule has 0 bridgehead atoms. The molecule has 0 radical (unpaired) electrons. The zero-order valence-corrected chi connectivity index (χ0v) is 16.3. The number of benzene rings is 2. The van der Waals surface area contributed by atoms with E-state index >= 15 is 0 Å². The molecule has 0 fully saturated rings. The summed E-state index contributed by atoms with van der Waals surface area (Å²) in [6, 6.07) is 14.5. The number of para-hydroxylation sites is 1. The first-order chi connectivity index (χ1) is 14.6. The number of hydrogen-bond donors (Lipinski definition) is 2. The van der Waals surface area contributed by atoms with E-state index in [4.69, 9.17) is 18.9 Å². The summed E-state index contributed by atoms with van der Waals surface area (Å²) in [6.07, 6.45) is 0.713. The Kier molecular flexibility index (Phi) is 5.71. The molecule has 9 heteroatoms. The number of ether oxygens (including phenoxy) is 4. The number of rotatable bonds is 8. The summed E-state index contributed by atoms with van der Waals surface area (Å²) in [4.78, 5) is 12.5. The molecule has 0 aliphatic carbocycles. The largest absolute Gasteiger partial charge is 0.493 e. The van der Waals surface area contributed by atoms with Crippen LogP contribution in [0.5, 0.6) is 23.0 Å². The van der Waals surface area contributed by atoms with Crippen molar-refractivity contribution in [2.45, 2.75) is 6.10 Å². The number of fused-ring (bicyclic) bond motifs is 1. The second-order valence-corrected chi connectivity index (χ2v) is 6.52. The van der Waals surface area contributed by atoms with Gasteiger partial charge >= 0.3 is 0 Å². The fourth-order valence-electron chi connectivity index (χ4n) is 2.89. The van der Waals surface area contributed by atoms with Gasteiger partial charge in [-0.25, -0.2) is 4.68 Å². The highest BCUT2D eigenvalue weighted by Crippen LogP contribution is 2.35. The summed E-state index contributed by atoms with van der Waals surface area (Å²) in [6.45, 7) is 0.164. The summed E-state index contributed by atoms with van der Waals surface area (Å²) in [5.41, 5.74) is 0.928. The summed E-state index contributed by atoms with van der Waals surface area (Å²) >= 11 is 0. The molecule has 2 N–H and O–H groups in total. The van der Waals surface area contributed by atoms with Crippen LogP contribution >= 0.6 is 0 Å². The Labute approximate surface area is 172 Å². The van der Waals surface area contributed by atoms with Crippen molar-refractivity contribution < 1.29 is 28.8 Å². The van der Waals surface area contributed by atoms with Gasteiger partial charge in [-0.15, -0.1) is 0 Å². The van der Waals surface area contributed by atoms with Crippen LogP contribution in [0.25, 0.3) is 5.69 Å². The minimum atomic E-state index is -0.915. The highest BCUT2D eigenvalue weighted by molar-refractivity contribution is 5.95. The SMILES string of the molecule is COc1cn(-c2ccccc2)nc1C(=O)NCC(O)COc1ccc2c(c1)OCO2. The molecule has 1 aliphatic heterocycles. The summed E-state index contributed by atoms with van der Waals surface area (Å²) in [5, 5.41) is 17.1. The third kappa shape index (κ3) is 4.31. The van der Waals surface area contributed by atoms with E-state index in [0.717, 1.165) is 5.69 Å². The molecule has 4 rings (SSSR count). The molecule has 9 nitrogen and oxygen atoms in total. The number of aliphatic hydroxyl groups is 1. The molecule has 1 aromatic heterocycles. The number of carbonyl (C=O) groups excluding carboxylic acids is 1. The van der Waals surface area contributed by atoms with Crippen LogP contribution in [0.3, 0.4) is 0 Å². The number of aliphatic hydroxyl groups excluding tert-OH is 1. The van der Waals surface area contributed by atoms with Crippen LogP contribution in [0.15, 0.2) is 54.7 Å². The molecular weight excluding hydrogens is 390 g/mol. The Morgan fingerprint density at radius 3 is 2.83 bits per heavy atom. The lowest BCUT2D eigenvalue weighted by atomic mass is 10.3. The molecule has 156 valence electrons. The zero-order valence-electron chi connectivity index (χ0n) is 16.3. The van der Waals surface area contributed by atoms with E-state index in [9.17, 15) is 9.90 Å². The second kappa shape index (κ2) is 8.75. The Hall–Kier alpha value is -3.72. The lowest BCUT2D eigenvalue weighted by molar-refractivity contribution is 0.0837. The average molecular weight is 411 g/mol. The molecule has 2 aromatic carbocycles. The predicted octanol–water partition coefficient (Wildman–Crippen LogP) is 1.78. The third-order valence-corrected chi connectivity index (χ3v) is 4.42. The van der Waals surface area contributed by atoms with Gasteiger partial charge in [-0.2, -0.15) is 5.10 Å². The lowest BCUT2D eigenvalue weighted by Crippen LogP contribution is -2.35. The molecule has 1 unspecified atom stereocenters. The smallest absolute Gasteiger partial charge is 0.275 e. The van der Waals surface area contributed by atoms with Crippen LogP contribution < -0.4 is 24.3 Å². The highest BCUT2D eigenvalue weighted by Gasteiger charge is 2.20. The molecule has 1 aliphatic rings. The zero-order chi connectivity index (χ0) is 20.9. The molecule has 30 heavy (non-hydrogen) atoms. The van der Waals surface area contributed by atoms with Crippen LogP contribution in [-0.2, 0) is 0 Å². The minimum Gasteiger partial charge on any atom is -0.493 e. The first kappa shape index (κ1) is 19.6. The molecular formula is C21H21N3O6. The van der Waals surface area contributed by atoms with Gasteiger partial charge in [0.15, 0.2) is 22.9 Å². The maximum absolute atomic E-state index is 12.5. The van der Waals surface area contributed by atoms with Gasteiger partial charge in [-0.1, -0.05) is 18.2 Å². The van der Waals surface area contributed by atoms with Crippen molar-refractivity contribution in [2.24, 2.45) is 0 Å². The van der Waals surface area contributed by atoms with Crippen molar-refractivity contribution in [1.82, 2.24) is 15.1 Å². The first-order valence-electron chi connectivity index (χ1n) is 9.32. The lowest BCUT2D eigenvalue weighted by Gasteiger charge is -2.13. The van der Waals surface area contributed by atoms with Crippen LogP contribution in [0, 0.1) is 0 Å². The molecule has 0 saturated carbocycles. The van der Waals surface area contributed by atoms with Crippen molar-refractivity contribution in [1.29, 1.82) is 0 Å². The van der Waals surface area contributed by atoms with Crippen molar-refractivity contribution in [2.75, 3.05) is 27.1 Å². The van der Waals surface area contributed by atoms with Crippen molar-refractivity contribution in [3.05, 3.63) is 60.4 Å². The minimum absolute atomic E-state index is 0.00445. The summed E-state index contributed by atoms with van der Waals surface area (Å²) < 4.78 is 22.9. The third-order valence-electron chi connectivity index (χ3n) is 4.42. The number of amides is 1. The Bertz CT molecular complexity index is 1020. The maximum atomic E-state index is 12.5. The molecule has 3 aromatic rings. The Balaban J connectivity index is 1.32. The molecule has 1 atom stereocenters. The van der Waals surface area contributed by atoms with Gasteiger partial charge < -0.3 is 29.4 Å². The predicted molar refractivity (Wildman–Crippen MR) is 107 cm³/mol. The van der Waals surface area contributed by atoms with Crippen LogP contribution in [0.1, 0.15) is 10.5 Å². The normalized spacial score (nSPS) is 13.0. The van der Waals surface area contributed by atoms with E-state index in [1.165, 1.54) is 7.11 Å². The monoisotopic (exact) mass is 411 g/mol. The summed E-state index contributed by atoms with van der Waals surface area (Å²) in [5.74, 6) is 1.66. The topological polar surface area (TPSA) is 104 Å². The summed E-state index contributed by atoms with van der Waals surface area (Å²) in [7, 11) is 1.47. The van der Waals surface area contributed by atoms with Crippen LogP contribution in [0.4, 0.5) is 0 Å². The first-order valence-corrected chi connectivity index (χ1v) is 9.32. The van der Waals surface area contributed by atoms with Gasteiger partial charge in [0.05, 0.1) is 19.0 Å². The second-order valence-electron chi connectivity index (χ2n) is 6.52. The quantitative estimate of drug-likeness (QED) is 0.582. The number of nitrogens with one attached hydrogen (secondary N) is 1. The number of aromatic nitrogens is 2. The van der Waals surface area contributed by atoms with E-state index in [0.29, 0.717) is 23.0 Å². The molecule has 1 amide bonds. The maximum Gasteiger partial charge on any atom is 0.275 e. The fourth-order valence-corrected chi connectivity index (χ4v) is 2.89. The molecule has 0 saturated heterocycles. The Morgan fingerprint density at radius 2 is 2.03 bits per heavy atom. The van der Waals surface area contributed by atoms with E-state index in [1.807, 2.05) is 30.3 Å². The highest BCUT2D eigenvalue weighted by atomic mass is 16.7. The Morgan fingerprint density at radius 1 is 1.23 bits per heavy atom. The van der Waals surface area contributed by atoms with E-state index in [1.54, 1.807) is 29.1 Å². The van der Waals surface area contributed by atoms with Gasteiger partial charge in [-0.05, 0) is 24.3 Å². The average Bonchev–Trinajstić information content (AvgIpc) is 3.43. The molecule has 2 heterocycles. The van der Waals surface area contributed by atoms with Gasteiger partial charge in [0.2, 0.25) is 6.79 Å². The number of carbonyl (C=O) groups is 1. The van der Waals surface area contributed by atoms with Gasteiger partial charge in [0, 0.05) is 12.6 Å².